The Kier molecular flexibility index (Phi) is 6.11. The van der Waals surface area contributed by atoms with Crippen molar-refractivity contribution in [2.45, 2.75) is 44.2 Å². The van der Waals surface area contributed by atoms with Crippen molar-refractivity contribution in [3.63, 3.8) is 0 Å². The van der Waals surface area contributed by atoms with Crippen molar-refractivity contribution in [2.75, 3.05) is 4.90 Å². The average Bonchev–Trinajstić information content (AvgIpc) is 3.43. The molecule has 1 unspecified atom stereocenters. The molecule has 1 saturated carbocycles. The zero-order valence-corrected chi connectivity index (χ0v) is 18.2. The number of amides is 3. The zero-order valence-electron chi connectivity index (χ0n) is 17.4. The van der Waals surface area contributed by atoms with Crippen LogP contribution in [-0.2, 0) is 9.59 Å². The quantitative estimate of drug-likeness (QED) is 0.374. The van der Waals surface area contributed by atoms with Gasteiger partial charge in [-0.05, 0) is 49.2 Å². The lowest BCUT2D eigenvalue weighted by Gasteiger charge is -2.33. The molecule has 1 aliphatic heterocycles. The van der Waals surface area contributed by atoms with Crippen molar-refractivity contribution in [1.82, 2.24) is 4.90 Å². The first kappa shape index (κ1) is 22.4. The molecule has 0 spiro atoms. The smallest absolute Gasteiger partial charge is 0.288 e. The van der Waals surface area contributed by atoms with E-state index in [1.807, 2.05) is 6.07 Å². The van der Waals surface area contributed by atoms with E-state index in [1.165, 1.54) is 41.3 Å². The van der Waals surface area contributed by atoms with Crippen LogP contribution in [0.2, 0.25) is 5.02 Å². The van der Waals surface area contributed by atoms with Crippen LogP contribution < -0.4 is 4.90 Å². The van der Waals surface area contributed by atoms with Crippen molar-refractivity contribution in [2.24, 2.45) is 0 Å². The van der Waals surface area contributed by atoms with Gasteiger partial charge in [0.05, 0.1) is 28.7 Å². The van der Waals surface area contributed by atoms with E-state index in [4.69, 9.17) is 16.9 Å². The molecule has 3 amide bonds. The Morgan fingerprint density at radius 1 is 1.15 bits per heavy atom. The molecule has 1 heterocycles. The molecule has 0 bridgehead atoms. The number of carbonyl (C=O) groups excluding carboxylic acids is 3. The molecule has 0 aromatic heterocycles. The van der Waals surface area contributed by atoms with Crippen molar-refractivity contribution in [3.05, 3.63) is 68.7 Å². The Morgan fingerprint density at radius 3 is 2.42 bits per heavy atom. The summed E-state index contributed by atoms with van der Waals surface area (Å²) in [6.45, 7) is 0. The number of nitrogens with zero attached hydrogens (tertiary/aromatic N) is 4. The lowest BCUT2D eigenvalue weighted by molar-refractivity contribution is -0.384. The van der Waals surface area contributed by atoms with Crippen molar-refractivity contribution in [1.29, 1.82) is 5.26 Å². The number of nitro groups is 1. The first-order valence-corrected chi connectivity index (χ1v) is 10.8. The third-order valence-electron chi connectivity index (χ3n) is 6.06. The summed E-state index contributed by atoms with van der Waals surface area (Å²) < 4.78 is 0. The number of hydrogen-bond donors (Lipinski definition) is 0. The van der Waals surface area contributed by atoms with Gasteiger partial charge in [0.15, 0.2) is 0 Å². The molecular formula is C23H19ClN4O5. The summed E-state index contributed by atoms with van der Waals surface area (Å²) in [6, 6.07) is 10.5. The molecule has 9 nitrogen and oxygen atoms in total. The predicted molar refractivity (Wildman–Crippen MR) is 119 cm³/mol. The van der Waals surface area contributed by atoms with Gasteiger partial charge in [-0.25, -0.2) is 4.90 Å². The number of hydrogen-bond acceptors (Lipinski definition) is 6. The highest BCUT2D eigenvalue weighted by Gasteiger charge is 2.47. The van der Waals surface area contributed by atoms with Gasteiger partial charge in [-0.1, -0.05) is 24.4 Å². The normalized spacial score (nSPS) is 18.4. The Hall–Kier alpha value is -3.77. The molecule has 4 rings (SSSR count). The highest BCUT2D eigenvalue weighted by atomic mass is 35.5. The fourth-order valence-electron chi connectivity index (χ4n) is 4.47. The first-order valence-electron chi connectivity index (χ1n) is 10.5. The lowest BCUT2D eigenvalue weighted by Crippen LogP contribution is -2.50. The Balaban J connectivity index is 1.69. The van der Waals surface area contributed by atoms with Gasteiger partial charge < -0.3 is 4.90 Å². The standard InChI is InChI=1S/C23H19ClN4O5/c24-18-10-7-15(11-19(18)28(32)33)22(30)26(16-3-1-2-4-16)20-12-21(29)27(23(20)31)17-8-5-14(13-25)6-9-17/h5-11,16,20H,1-4,12H2. The number of rotatable bonds is 5. The third kappa shape index (κ3) is 4.17. The number of halogens is 1. The van der Waals surface area contributed by atoms with E-state index >= 15 is 0 Å². The van der Waals surface area contributed by atoms with Crippen LogP contribution in [0.15, 0.2) is 42.5 Å². The largest absolute Gasteiger partial charge is 0.323 e. The van der Waals surface area contributed by atoms with E-state index in [0.717, 1.165) is 23.8 Å². The van der Waals surface area contributed by atoms with E-state index in [2.05, 4.69) is 0 Å². The van der Waals surface area contributed by atoms with E-state index in [-0.39, 0.29) is 23.0 Å². The van der Waals surface area contributed by atoms with Gasteiger partial charge in [0.25, 0.3) is 17.5 Å². The maximum Gasteiger partial charge on any atom is 0.288 e. The molecule has 168 valence electrons. The van der Waals surface area contributed by atoms with Gasteiger partial charge in [0, 0.05) is 17.7 Å². The van der Waals surface area contributed by atoms with Crippen LogP contribution in [0, 0.1) is 21.4 Å². The molecule has 2 aromatic rings. The minimum Gasteiger partial charge on any atom is -0.323 e. The van der Waals surface area contributed by atoms with Crippen LogP contribution in [0.1, 0.15) is 48.0 Å². The maximum atomic E-state index is 13.5. The third-order valence-corrected chi connectivity index (χ3v) is 6.38. The summed E-state index contributed by atoms with van der Waals surface area (Å²) in [7, 11) is 0. The summed E-state index contributed by atoms with van der Waals surface area (Å²) in [6.07, 6.45) is 2.93. The summed E-state index contributed by atoms with van der Waals surface area (Å²) >= 11 is 5.89. The minimum absolute atomic E-state index is 0.0371. The van der Waals surface area contributed by atoms with Crippen molar-refractivity contribution in [3.8, 4) is 6.07 Å². The van der Waals surface area contributed by atoms with E-state index < -0.39 is 34.4 Å². The second-order valence-electron chi connectivity index (χ2n) is 8.02. The Bertz CT molecular complexity index is 1180. The fraction of sp³-hybridized carbons (Fsp3) is 0.304. The SMILES string of the molecule is N#Cc1ccc(N2C(=O)CC(N(C(=O)c3ccc(Cl)c([N+](=O)[O-])c3)C3CCCC3)C2=O)cc1. The average molecular weight is 467 g/mol. The number of benzene rings is 2. The van der Waals surface area contributed by atoms with Crippen LogP contribution in [0.4, 0.5) is 11.4 Å². The summed E-state index contributed by atoms with van der Waals surface area (Å²) in [5, 5.41) is 20.2. The molecule has 2 fully saturated rings. The summed E-state index contributed by atoms with van der Waals surface area (Å²) in [5.41, 5.74) is 0.353. The minimum atomic E-state index is -1.02. The topological polar surface area (TPSA) is 125 Å². The van der Waals surface area contributed by atoms with Gasteiger partial charge in [-0.2, -0.15) is 5.26 Å². The van der Waals surface area contributed by atoms with Crippen LogP contribution in [-0.4, -0.2) is 39.6 Å². The molecule has 2 aromatic carbocycles. The van der Waals surface area contributed by atoms with Gasteiger partial charge >= 0.3 is 0 Å². The van der Waals surface area contributed by atoms with Crippen LogP contribution in [0.3, 0.4) is 0 Å². The summed E-state index contributed by atoms with van der Waals surface area (Å²) in [4.78, 5) is 52.8. The highest BCUT2D eigenvalue weighted by molar-refractivity contribution is 6.32. The number of anilines is 1. The van der Waals surface area contributed by atoms with E-state index in [0.29, 0.717) is 24.1 Å². The molecule has 0 radical (unpaired) electrons. The fourth-order valence-corrected chi connectivity index (χ4v) is 4.66. The van der Waals surface area contributed by atoms with Gasteiger partial charge in [-0.15, -0.1) is 0 Å². The molecule has 33 heavy (non-hydrogen) atoms. The lowest BCUT2D eigenvalue weighted by atomic mass is 10.1. The van der Waals surface area contributed by atoms with E-state index in [1.54, 1.807) is 0 Å². The molecule has 1 saturated heterocycles. The number of nitriles is 1. The van der Waals surface area contributed by atoms with Crippen LogP contribution in [0.25, 0.3) is 0 Å². The van der Waals surface area contributed by atoms with Crippen LogP contribution >= 0.6 is 11.6 Å². The van der Waals surface area contributed by atoms with Crippen molar-refractivity contribution >= 4 is 40.7 Å². The molecule has 1 aliphatic carbocycles. The highest BCUT2D eigenvalue weighted by Crippen LogP contribution is 2.34. The van der Waals surface area contributed by atoms with Gasteiger partial charge in [0.1, 0.15) is 11.1 Å². The number of nitro benzene ring substituents is 1. The van der Waals surface area contributed by atoms with Crippen molar-refractivity contribution < 1.29 is 19.3 Å². The van der Waals surface area contributed by atoms with Gasteiger partial charge in [0.2, 0.25) is 5.91 Å². The zero-order chi connectivity index (χ0) is 23.7. The monoisotopic (exact) mass is 466 g/mol. The Morgan fingerprint density at radius 2 is 1.82 bits per heavy atom. The van der Waals surface area contributed by atoms with Gasteiger partial charge in [-0.3, -0.25) is 24.5 Å². The van der Waals surface area contributed by atoms with Crippen LogP contribution in [0.5, 0.6) is 0 Å². The second-order valence-corrected chi connectivity index (χ2v) is 8.43. The molecule has 10 heteroatoms. The molecule has 0 N–H and O–H groups in total. The maximum absolute atomic E-state index is 13.5. The first-order chi connectivity index (χ1) is 15.8. The van der Waals surface area contributed by atoms with E-state index in [9.17, 15) is 24.5 Å². The Labute approximate surface area is 194 Å². The predicted octanol–water partition coefficient (Wildman–Crippen LogP) is 3.84. The molecule has 2 aliphatic rings. The molecule has 1 atom stereocenters. The number of imide groups is 1. The molecular weight excluding hydrogens is 448 g/mol. The second kappa shape index (κ2) is 9.00. The summed E-state index contributed by atoms with van der Waals surface area (Å²) in [5.74, 6) is -1.53. The number of carbonyl (C=O) groups is 3.